The van der Waals surface area contributed by atoms with Gasteiger partial charge in [-0.2, -0.15) is 0 Å². The second-order valence-corrected chi connectivity index (χ2v) is 12.0. The number of benzene rings is 3. The Kier molecular flexibility index (Phi) is 5.97. The van der Waals surface area contributed by atoms with E-state index in [2.05, 4.69) is 30.3 Å². The van der Waals surface area contributed by atoms with Crippen molar-refractivity contribution in [3.8, 4) is 0 Å². The Balaban J connectivity index is 1.45. The molecule has 0 saturated heterocycles. The predicted octanol–water partition coefficient (Wildman–Crippen LogP) is 7.15. The first-order valence-corrected chi connectivity index (χ1v) is 13.7. The molecule has 3 aromatic rings. The molecule has 0 heterocycles. The van der Waals surface area contributed by atoms with Crippen molar-refractivity contribution in [1.82, 2.24) is 0 Å². The molecule has 158 valence electrons. The first-order valence-electron chi connectivity index (χ1n) is 11.8. The van der Waals surface area contributed by atoms with Crippen LogP contribution < -0.4 is 10.6 Å². The van der Waals surface area contributed by atoms with Crippen LogP contribution in [-0.4, -0.2) is 6.16 Å². The van der Waals surface area contributed by atoms with Crippen molar-refractivity contribution in [3.05, 3.63) is 102 Å². The van der Waals surface area contributed by atoms with E-state index < -0.39 is 7.14 Å². The molecule has 1 fully saturated rings. The largest absolute Gasteiger partial charge is 0.314 e. The normalized spacial score (nSPS) is 19.1. The second-order valence-electron chi connectivity index (χ2n) is 9.07. The first-order chi connectivity index (χ1) is 15.3. The molecule has 3 aromatic carbocycles. The molecule has 5 rings (SSSR count). The van der Waals surface area contributed by atoms with Gasteiger partial charge in [-0.15, -0.1) is 0 Å². The van der Waals surface area contributed by atoms with E-state index in [4.69, 9.17) is 0 Å². The predicted molar refractivity (Wildman–Crippen MR) is 133 cm³/mol. The average molecular weight is 427 g/mol. The van der Waals surface area contributed by atoms with Gasteiger partial charge in [-0.05, 0) is 41.9 Å². The Hall–Kier alpha value is -2.37. The van der Waals surface area contributed by atoms with Gasteiger partial charge in [0.1, 0.15) is 7.14 Å². The third kappa shape index (κ3) is 4.09. The third-order valence-corrected chi connectivity index (χ3v) is 10.4. The molecule has 1 nitrogen and oxygen atoms in total. The fraction of sp³-hybridized carbons (Fsp3) is 0.310. The molecule has 0 N–H and O–H groups in total. The molecule has 0 amide bonds. The lowest BCUT2D eigenvalue weighted by Gasteiger charge is -2.23. The topological polar surface area (TPSA) is 17.1 Å². The van der Waals surface area contributed by atoms with Gasteiger partial charge >= 0.3 is 0 Å². The van der Waals surface area contributed by atoms with E-state index in [1.165, 1.54) is 43.2 Å². The summed E-state index contributed by atoms with van der Waals surface area (Å²) in [5.41, 5.74) is 4.46. The Morgan fingerprint density at radius 1 is 0.710 bits per heavy atom. The molecular weight excluding hydrogens is 395 g/mol. The number of fused-ring (bicyclic) bond motifs is 1. The summed E-state index contributed by atoms with van der Waals surface area (Å²) in [6, 6.07) is 29.2. The number of hydrogen-bond donors (Lipinski definition) is 0. The van der Waals surface area contributed by atoms with Crippen LogP contribution in [0.5, 0.6) is 0 Å². The highest BCUT2D eigenvalue weighted by molar-refractivity contribution is 7.78. The van der Waals surface area contributed by atoms with Gasteiger partial charge in [-0.3, -0.25) is 0 Å². The highest BCUT2D eigenvalue weighted by Crippen LogP contribution is 2.49. The molecule has 2 heteroatoms. The van der Waals surface area contributed by atoms with Gasteiger partial charge in [0.2, 0.25) is 0 Å². The Morgan fingerprint density at radius 2 is 1.29 bits per heavy atom. The Bertz CT molecular complexity index is 1050. The van der Waals surface area contributed by atoms with Gasteiger partial charge in [0.15, 0.2) is 0 Å². The number of hydrogen-bond acceptors (Lipinski definition) is 1. The molecule has 0 aliphatic heterocycles. The third-order valence-electron chi connectivity index (χ3n) is 7.20. The van der Waals surface area contributed by atoms with Crippen molar-refractivity contribution in [2.75, 3.05) is 6.16 Å². The highest BCUT2D eigenvalue weighted by Gasteiger charge is 2.32. The summed E-state index contributed by atoms with van der Waals surface area (Å²) in [6.07, 6.45) is 10.9. The summed E-state index contributed by atoms with van der Waals surface area (Å²) >= 11 is 0. The van der Waals surface area contributed by atoms with Gasteiger partial charge < -0.3 is 4.57 Å². The zero-order chi connectivity index (χ0) is 21.1. The van der Waals surface area contributed by atoms with Crippen LogP contribution in [0.15, 0.2) is 91.0 Å². The van der Waals surface area contributed by atoms with Crippen molar-refractivity contribution in [3.63, 3.8) is 0 Å². The summed E-state index contributed by atoms with van der Waals surface area (Å²) in [7, 11) is -2.67. The lowest BCUT2D eigenvalue weighted by Crippen LogP contribution is -2.19. The molecule has 0 spiro atoms. The van der Waals surface area contributed by atoms with Crippen LogP contribution in [0.25, 0.3) is 5.57 Å². The maximum Gasteiger partial charge on any atom is 0.143 e. The van der Waals surface area contributed by atoms with Crippen LogP contribution >= 0.6 is 7.14 Å². The van der Waals surface area contributed by atoms with Crippen LogP contribution in [-0.2, 0) is 4.57 Å². The van der Waals surface area contributed by atoms with Crippen molar-refractivity contribution in [2.45, 2.75) is 44.4 Å². The fourth-order valence-corrected chi connectivity index (χ4v) is 8.32. The van der Waals surface area contributed by atoms with Gasteiger partial charge in [-0.1, -0.05) is 110 Å². The maximum absolute atomic E-state index is 14.4. The van der Waals surface area contributed by atoms with E-state index in [1.54, 1.807) is 5.57 Å². The van der Waals surface area contributed by atoms with Gasteiger partial charge in [0.05, 0.1) is 0 Å². The van der Waals surface area contributed by atoms with E-state index in [0.29, 0.717) is 18.0 Å². The van der Waals surface area contributed by atoms with E-state index in [1.807, 2.05) is 60.7 Å². The number of allylic oxidation sites excluding steroid dienone is 2. The molecule has 0 bridgehead atoms. The summed E-state index contributed by atoms with van der Waals surface area (Å²) in [6.45, 7) is 0. The van der Waals surface area contributed by atoms with E-state index in [-0.39, 0.29) is 0 Å². The molecule has 0 aromatic heterocycles. The number of rotatable bonds is 6. The summed E-state index contributed by atoms with van der Waals surface area (Å²) in [4.78, 5) is 0. The van der Waals surface area contributed by atoms with Gasteiger partial charge in [0.25, 0.3) is 0 Å². The van der Waals surface area contributed by atoms with Crippen molar-refractivity contribution < 1.29 is 4.57 Å². The van der Waals surface area contributed by atoms with Crippen molar-refractivity contribution in [2.24, 2.45) is 5.92 Å². The van der Waals surface area contributed by atoms with Crippen LogP contribution in [0, 0.1) is 5.92 Å². The highest BCUT2D eigenvalue weighted by atomic mass is 31.2. The molecule has 1 saturated carbocycles. The molecule has 0 radical (unpaired) electrons. The van der Waals surface area contributed by atoms with Crippen LogP contribution in [0.2, 0.25) is 0 Å². The van der Waals surface area contributed by atoms with E-state index >= 15 is 0 Å². The van der Waals surface area contributed by atoms with Gasteiger partial charge in [-0.25, -0.2) is 0 Å². The minimum absolute atomic E-state index is 0.369. The zero-order valence-electron chi connectivity index (χ0n) is 18.1. The lowest BCUT2D eigenvalue weighted by molar-refractivity contribution is 0.429. The summed E-state index contributed by atoms with van der Waals surface area (Å²) in [5, 5.41) is 1.95. The molecule has 2 aliphatic rings. The fourth-order valence-electron chi connectivity index (χ4n) is 5.55. The minimum Gasteiger partial charge on any atom is -0.314 e. The quantitative estimate of drug-likeness (QED) is 0.383. The SMILES string of the molecule is O=P(CCC1C=C(C2CCCCC2)c2ccccc21)(c1ccccc1)c1ccccc1. The summed E-state index contributed by atoms with van der Waals surface area (Å²) in [5.74, 6) is 1.07. The Labute approximate surface area is 186 Å². The van der Waals surface area contributed by atoms with E-state index in [0.717, 1.165) is 17.0 Å². The van der Waals surface area contributed by atoms with Crippen molar-refractivity contribution in [1.29, 1.82) is 0 Å². The molecular formula is C29H31OP. The van der Waals surface area contributed by atoms with Crippen LogP contribution in [0.3, 0.4) is 0 Å². The zero-order valence-corrected chi connectivity index (χ0v) is 19.0. The molecule has 1 unspecified atom stereocenters. The van der Waals surface area contributed by atoms with Crippen LogP contribution in [0.1, 0.15) is 55.6 Å². The first kappa shape index (κ1) is 20.5. The second kappa shape index (κ2) is 9.01. The van der Waals surface area contributed by atoms with E-state index in [9.17, 15) is 4.57 Å². The molecule has 1 atom stereocenters. The maximum atomic E-state index is 14.4. The summed E-state index contributed by atoms with van der Waals surface area (Å²) < 4.78 is 14.4. The van der Waals surface area contributed by atoms with Gasteiger partial charge in [0, 0.05) is 22.7 Å². The Morgan fingerprint density at radius 3 is 1.94 bits per heavy atom. The average Bonchev–Trinajstić information content (AvgIpc) is 3.23. The smallest absolute Gasteiger partial charge is 0.143 e. The molecule has 2 aliphatic carbocycles. The minimum atomic E-state index is -2.67. The molecule has 31 heavy (non-hydrogen) atoms. The van der Waals surface area contributed by atoms with Crippen molar-refractivity contribution >= 4 is 23.3 Å². The lowest BCUT2D eigenvalue weighted by atomic mass is 9.82. The van der Waals surface area contributed by atoms with Crippen LogP contribution in [0.4, 0.5) is 0 Å². The monoisotopic (exact) mass is 426 g/mol. The standard InChI is InChI=1S/C29H31OP/c30-31(25-14-6-2-7-15-25,26-16-8-3-9-17-26)21-20-24-22-29(23-12-4-1-5-13-23)28-19-11-10-18-27(24)28/h2-3,6-11,14-19,22-24H,1,4-5,12-13,20-21H2.